The number of carboxylic acids is 1. The molecule has 0 spiro atoms. The van der Waals surface area contributed by atoms with Crippen molar-refractivity contribution in [2.75, 3.05) is 4.72 Å². The zero-order valence-electron chi connectivity index (χ0n) is 18.8. The number of hydrogen-bond acceptors (Lipinski definition) is 7. The number of anilines is 1. The molecule has 3 N–H and O–H groups in total. The highest BCUT2D eigenvalue weighted by Gasteiger charge is 2.30. The first kappa shape index (κ1) is 27.1. The molecule has 0 saturated carbocycles. The van der Waals surface area contributed by atoms with Crippen molar-refractivity contribution in [1.29, 1.82) is 0 Å². The lowest BCUT2D eigenvalue weighted by Crippen LogP contribution is -2.44. The summed E-state index contributed by atoms with van der Waals surface area (Å²) in [5, 5.41) is 13.0. The first-order valence-corrected chi connectivity index (χ1v) is 13.8. The van der Waals surface area contributed by atoms with Crippen LogP contribution in [0.25, 0.3) is 11.0 Å². The van der Waals surface area contributed by atoms with Crippen LogP contribution in [0.3, 0.4) is 0 Å². The Hall–Kier alpha value is -2.96. The Balaban J connectivity index is 1.65. The van der Waals surface area contributed by atoms with Crippen LogP contribution in [0, 0.1) is 0 Å². The number of halogens is 3. The van der Waals surface area contributed by atoms with Gasteiger partial charge >= 0.3 is 5.97 Å². The van der Waals surface area contributed by atoms with Crippen LogP contribution >= 0.6 is 46.5 Å². The summed E-state index contributed by atoms with van der Waals surface area (Å²) >= 11 is 19.0. The molecule has 9 nitrogen and oxygen atoms in total. The number of rotatable bonds is 8. The van der Waals surface area contributed by atoms with Gasteiger partial charge in [0.05, 0.1) is 33.0 Å². The molecule has 1 amide bonds. The third kappa shape index (κ3) is 5.81. The number of fused-ring (bicyclic) bond motifs is 1. The Morgan fingerprint density at radius 1 is 1.00 bits per heavy atom. The smallest absolute Gasteiger partial charge is 0.326 e. The summed E-state index contributed by atoms with van der Waals surface area (Å²) in [4.78, 5) is 25.2. The van der Waals surface area contributed by atoms with Crippen molar-refractivity contribution < 1.29 is 23.1 Å². The van der Waals surface area contributed by atoms with Gasteiger partial charge in [0.2, 0.25) is 0 Å². The number of nitrogens with zero attached hydrogens (tertiary/aromatic N) is 2. The fourth-order valence-electron chi connectivity index (χ4n) is 3.60. The molecule has 0 fully saturated rings. The van der Waals surface area contributed by atoms with E-state index in [4.69, 9.17) is 34.8 Å². The predicted molar refractivity (Wildman–Crippen MR) is 143 cm³/mol. The second-order valence-electron chi connectivity index (χ2n) is 7.94. The number of carbonyl (C=O) groups excluding carboxylic acids is 1. The van der Waals surface area contributed by atoms with E-state index in [0.29, 0.717) is 16.1 Å². The van der Waals surface area contributed by atoms with E-state index in [0.717, 1.165) is 11.7 Å². The van der Waals surface area contributed by atoms with Crippen LogP contribution in [0.1, 0.15) is 28.8 Å². The van der Waals surface area contributed by atoms with Crippen molar-refractivity contribution in [2.45, 2.75) is 23.8 Å². The minimum Gasteiger partial charge on any atom is -0.480 e. The van der Waals surface area contributed by atoms with E-state index < -0.39 is 33.9 Å². The number of amides is 1. The molecule has 0 saturated heterocycles. The summed E-state index contributed by atoms with van der Waals surface area (Å²) in [7, 11) is -4.22. The Bertz CT molecular complexity index is 1630. The molecule has 1 heterocycles. The van der Waals surface area contributed by atoms with E-state index in [-0.39, 0.29) is 31.7 Å². The second-order valence-corrected chi connectivity index (χ2v) is 11.4. The summed E-state index contributed by atoms with van der Waals surface area (Å²) in [6.45, 7) is 1.60. The number of benzene rings is 3. The third-order valence-corrected chi connectivity index (χ3v) is 8.44. The van der Waals surface area contributed by atoms with Gasteiger partial charge in [0.25, 0.3) is 15.9 Å². The average Bonchev–Trinajstić information content (AvgIpc) is 3.32. The Morgan fingerprint density at radius 3 is 2.46 bits per heavy atom. The quantitative estimate of drug-likeness (QED) is 0.245. The maximum absolute atomic E-state index is 13.2. The third-order valence-electron chi connectivity index (χ3n) is 5.53. The van der Waals surface area contributed by atoms with Crippen LogP contribution in [0.4, 0.5) is 5.69 Å². The molecule has 1 aromatic heterocycles. The van der Waals surface area contributed by atoms with Crippen molar-refractivity contribution in [3.8, 4) is 0 Å². The number of hydrogen-bond donors (Lipinski definition) is 3. The van der Waals surface area contributed by atoms with E-state index in [9.17, 15) is 23.1 Å². The van der Waals surface area contributed by atoms with Crippen molar-refractivity contribution in [3.05, 3.63) is 80.8 Å². The molecule has 0 bridgehead atoms. The van der Waals surface area contributed by atoms with Crippen LogP contribution in [-0.2, 0) is 14.8 Å². The first-order chi connectivity index (χ1) is 17.5. The Labute approximate surface area is 230 Å². The average molecular weight is 600 g/mol. The lowest BCUT2D eigenvalue weighted by Gasteiger charge is -2.23. The topological polar surface area (TPSA) is 138 Å². The van der Waals surface area contributed by atoms with Gasteiger partial charge in [-0.25, -0.2) is 13.2 Å². The van der Waals surface area contributed by atoms with Crippen molar-refractivity contribution in [3.63, 3.8) is 0 Å². The van der Waals surface area contributed by atoms with Gasteiger partial charge < -0.3 is 10.4 Å². The molecule has 14 heteroatoms. The van der Waals surface area contributed by atoms with Gasteiger partial charge in [0, 0.05) is 10.9 Å². The summed E-state index contributed by atoms with van der Waals surface area (Å²) in [6.07, 6.45) is 0. The van der Waals surface area contributed by atoms with Gasteiger partial charge in [-0.2, -0.15) is 8.75 Å². The van der Waals surface area contributed by atoms with E-state index in [1.807, 2.05) is 0 Å². The SMILES string of the molecule is C[C@H](c1ccc(Cl)c(Cl)c1)[C@H](NC(=O)c1ccc(Cl)cc1NS(=O)(=O)c1cccc2nsnc12)C(=O)O. The predicted octanol–water partition coefficient (Wildman–Crippen LogP) is 5.44. The Kier molecular flexibility index (Phi) is 7.91. The van der Waals surface area contributed by atoms with Gasteiger partial charge in [0.1, 0.15) is 22.0 Å². The highest BCUT2D eigenvalue weighted by Crippen LogP contribution is 2.30. The lowest BCUT2D eigenvalue weighted by atomic mass is 9.93. The fraction of sp³-hybridized carbons (Fsp3) is 0.130. The van der Waals surface area contributed by atoms with E-state index >= 15 is 0 Å². The van der Waals surface area contributed by atoms with Gasteiger partial charge in [-0.15, -0.1) is 0 Å². The maximum Gasteiger partial charge on any atom is 0.326 e. The molecular weight excluding hydrogens is 583 g/mol. The number of nitrogens with one attached hydrogen (secondary N) is 2. The molecule has 0 aliphatic heterocycles. The fourth-order valence-corrected chi connectivity index (χ4v) is 5.92. The van der Waals surface area contributed by atoms with Crippen LogP contribution in [0.15, 0.2) is 59.5 Å². The summed E-state index contributed by atoms with van der Waals surface area (Å²) in [5.74, 6) is -2.84. The molecule has 3 aromatic carbocycles. The second kappa shape index (κ2) is 10.8. The number of aliphatic carboxylic acids is 1. The van der Waals surface area contributed by atoms with E-state index in [2.05, 4.69) is 18.8 Å². The molecule has 2 atom stereocenters. The number of carboxylic acid groups (broad SMARTS) is 1. The number of aromatic nitrogens is 2. The molecular formula is C23H17Cl3N4O5S2. The van der Waals surface area contributed by atoms with Crippen LogP contribution in [0.2, 0.25) is 15.1 Å². The first-order valence-electron chi connectivity index (χ1n) is 10.5. The van der Waals surface area contributed by atoms with Crippen LogP contribution in [-0.4, -0.2) is 40.2 Å². The largest absolute Gasteiger partial charge is 0.480 e. The monoisotopic (exact) mass is 598 g/mol. The van der Waals surface area contributed by atoms with Gasteiger partial charge in [-0.1, -0.05) is 53.9 Å². The minimum absolute atomic E-state index is 0.135. The maximum atomic E-state index is 13.2. The summed E-state index contributed by atoms with van der Waals surface area (Å²) in [6, 6.07) is 11.7. The highest BCUT2D eigenvalue weighted by molar-refractivity contribution is 7.93. The number of sulfonamides is 1. The zero-order chi connectivity index (χ0) is 26.9. The van der Waals surface area contributed by atoms with Crippen molar-refractivity contribution in [2.24, 2.45) is 0 Å². The summed E-state index contributed by atoms with van der Waals surface area (Å²) in [5.41, 5.74) is 0.830. The van der Waals surface area contributed by atoms with E-state index in [1.165, 1.54) is 42.5 Å². The lowest BCUT2D eigenvalue weighted by molar-refractivity contribution is -0.139. The Morgan fingerprint density at radius 2 is 1.76 bits per heavy atom. The molecule has 0 radical (unpaired) electrons. The summed E-state index contributed by atoms with van der Waals surface area (Å²) < 4.78 is 36.9. The molecule has 0 unspecified atom stereocenters. The molecule has 4 aromatic rings. The minimum atomic E-state index is -4.22. The van der Waals surface area contributed by atoms with Crippen LogP contribution in [0.5, 0.6) is 0 Å². The van der Waals surface area contributed by atoms with Gasteiger partial charge in [-0.05, 0) is 48.0 Å². The van der Waals surface area contributed by atoms with Gasteiger partial charge in [-0.3, -0.25) is 9.52 Å². The van der Waals surface area contributed by atoms with Crippen molar-refractivity contribution in [1.82, 2.24) is 14.1 Å². The standard InChI is InChI=1S/C23H17Cl3N4O5S2/c1-11(12-5-8-15(25)16(26)9-12)20(23(32)33)27-22(31)14-7-6-13(24)10-18(14)30-37(34,35)19-4-2-3-17-21(19)29-36-28-17/h2-11,20,30H,1H3,(H,27,31)(H,32,33)/t11-,20+/m1/s1. The molecule has 4 rings (SSSR count). The normalized spacial score (nSPS) is 13.2. The van der Waals surface area contributed by atoms with Crippen LogP contribution < -0.4 is 10.0 Å². The molecule has 0 aliphatic rings. The van der Waals surface area contributed by atoms with Gasteiger partial charge in [0.15, 0.2) is 0 Å². The molecule has 0 aliphatic carbocycles. The van der Waals surface area contributed by atoms with Crippen molar-refractivity contribution >= 4 is 85.2 Å². The van der Waals surface area contributed by atoms with E-state index in [1.54, 1.807) is 19.1 Å². The highest BCUT2D eigenvalue weighted by atomic mass is 35.5. The zero-order valence-corrected chi connectivity index (χ0v) is 22.7. The number of carbonyl (C=O) groups is 2. The molecule has 192 valence electrons. The molecule has 37 heavy (non-hydrogen) atoms.